The SMILES string of the molecule is OC[C@H](Cl)CCC[C@@H](Cl)CO. The molecular formula is C7H14Cl2O2. The molecule has 4 heteroatoms. The van der Waals surface area contributed by atoms with Crippen LogP contribution in [0.15, 0.2) is 0 Å². The largest absolute Gasteiger partial charge is 0.395 e. The number of rotatable bonds is 6. The van der Waals surface area contributed by atoms with Crippen LogP contribution >= 0.6 is 23.2 Å². The molecule has 0 unspecified atom stereocenters. The highest BCUT2D eigenvalue weighted by atomic mass is 35.5. The molecule has 0 saturated carbocycles. The number of alkyl halides is 2. The number of aliphatic hydroxyl groups is 2. The zero-order valence-electron chi connectivity index (χ0n) is 6.34. The summed E-state index contributed by atoms with van der Waals surface area (Å²) in [5.41, 5.74) is 0. The van der Waals surface area contributed by atoms with Gasteiger partial charge in [-0.25, -0.2) is 0 Å². The minimum Gasteiger partial charge on any atom is -0.395 e. The Morgan fingerprint density at radius 2 is 1.27 bits per heavy atom. The van der Waals surface area contributed by atoms with Gasteiger partial charge in [-0.15, -0.1) is 23.2 Å². The predicted molar refractivity (Wildman–Crippen MR) is 47.3 cm³/mol. The van der Waals surface area contributed by atoms with Gasteiger partial charge >= 0.3 is 0 Å². The summed E-state index contributed by atoms with van der Waals surface area (Å²) in [5, 5.41) is 16.7. The first-order chi connectivity index (χ1) is 5.20. The molecule has 0 saturated heterocycles. The summed E-state index contributed by atoms with van der Waals surface area (Å²) in [4.78, 5) is 0. The predicted octanol–water partition coefficient (Wildman–Crippen LogP) is 1.36. The maximum atomic E-state index is 8.54. The minimum absolute atomic E-state index is 0.00757. The smallest absolute Gasteiger partial charge is 0.0595 e. The standard InChI is InChI=1S/C7H14Cl2O2/c8-6(4-10)2-1-3-7(9)5-11/h6-7,10-11H,1-5H2/t6-,7-/m1/s1. The van der Waals surface area contributed by atoms with Crippen LogP contribution in [0.25, 0.3) is 0 Å². The Bertz CT molecular complexity index is 80.5. The van der Waals surface area contributed by atoms with Gasteiger partial charge in [0.1, 0.15) is 0 Å². The Balaban J connectivity index is 3.13. The average molecular weight is 201 g/mol. The Morgan fingerprint density at radius 3 is 1.55 bits per heavy atom. The van der Waals surface area contributed by atoms with E-state index < -0.39 is 0 Å². The van der Waals surface area contributed by atoms with Gasteiger partial charge in [0.25, 0.3) is 0 Å². The van der Waals surface area contributed by atoms with Gasteiger partial charge in [0.05, 0.1) is 24.0 Å². The molecule has 0 radical (unpaired) electrons. The summed E-state index contributed by atoms with van der Waals surface area (Å²) < 4.78 is 0. The van der Waals surface area contributed by atoms with E-state index in [1.165, 1.54) is 0 Å². The highest BCUT2D eigenvalue weighted by Gasteiger charge is 2.05. The van der Waals surface area contributed by atoms with Crippen molar-refractivity contribution in [3.8, 4) is 0 Å². The third-order valence-corrected chi connectivity index (χ3v) is 2.14. The van der Waals surface area contributed by atoms with E-state index in [4.69, 9.17) is 33.4 Å². The molecule has 0 aliphatic rings. The van der Waals surface area contributed by atoms with Crippen molar-refractivity contribution in [3.63, 3.8) is 0 Å². The lowest BCUT2D eigenvalue weighted by Gasteiger charge is -2.07. The molecule has 0 aliphatic carbocycles. The van der Waals surface area contributed by atoms with E-state index in [0.717, 1.165) is 19.3 Å². The normalized spacial score (nSPS) is 16.4. The van der Waals surface area contributed by atoms with Crippen molar-refractivity contribution in [3.05, 3.63) is 0 Å². The third kappa shape index (κ3) is 6.88. The molecule has 0 aromatic heterocycles. The number of hydrogen-bond donors (Lipinski definition) is 2. The molecule has 2 N–H and O–H groups in total. The highest BCUT2D eigenvalue weighted by molar-refractivity contribution is 6.21. The van der Waals surface area contributed by atoms with Crippen LogP contribution in [0.2, 0.25) is 0 Å². The molecular weight excluding hydrogens is 187 g/mol. The molecule has 0 aliphatic heterocycles. The first kappa shape index (κ1) is 11.5. The van der Waals surface area contributed by atoms with Crippen molar-refractivity contribution >= 4 is 23.2 Å². The van der Waals surface area contributed by atoms with Crippen molar-refractivity contribution in [1.82, 2.24) is 0 Å². The summed E-state index contributed by atoms with van der Waals surface area (Å²) in [7, 11) is 0. The van der Waals surface area contributed by atoms with E-state index in [9.17, 15) is 0 Å². The fourth-order valence-corrected chi connectivity index (χ4v) is 1.05. The quantitative estimate of drug-likeness (QED) is 0.637. The van der Waals surface area contributed by atoms with Gasteiger partial charge in [0.2, 0.25) is 0 Å². The van der Waals surface area contributed by atoms with Crippen LogP contribution in [0.4, 0.5) is 0 Å². The van der Waals surface area contributed by atoms with E-state index in [2.05, 4.69) is 0 Å². The third-order valence-electron chi connectivity index (χ3n) is 1.43. The summed E-state index contributed by atoms with van der Waals surface area (Å²) in [6.45, 7) is 0.0151. The van der Waals surface area contributed by atoms with E-state index in [-0.39, 0.29) is 24.0 Å². The van der Waals surface area contributed by atoms with E-state index in [0.29, 0.717) is 0 Å². The second-order valence-corrected chi connectivity index (χ2v) is 3.73. The summed E-state index contributed by atoms with van der Waals surface area (Å²) >= 11 is 11.3. The van der Waals surface area contributed by atoms with Crippen LogP contribution in [0, 0.1) is 0 Å². The first-order valence-electron chi connectivity index (χ1n) is 3.70. The molecule has 2 nitrogen and oxygen atoms in total. The average Bonchev–Trinajstić information content (AvgIpc) is 2.04. The Morgan fingerprint density at radius 1 is 0.909 bits per heavy atom. The maximum absolute atomic E-state index is 8.54. The van der Waals surface area contributed by atoms with Gasteiger partial charge in [-0.2, -0.15) is 0 Å². The molecule has 11 heavy (non-hydrogen) atoms. The zero-order chi connectivity index (χ0) is 8.69. The van der Waals surface area contributed by atoms with Gasteiger partial charge < -0.3 is 10.2 Å². The fourth-order valence-electron chi connectivity index (χ4n) is 0.743. The van der Waals surface area contributed by atoms with Gasteiger partial charge in [-0.3, -0.25) is 0 Å². The molecule has 0 aromatic rings. The highest BCUT2D eigenvalue weighted by Crippen LogP contribution is 2.11. The minimum atomic E-state index is -0.169. The Kier molecular flexibility index (Phi) is 7.49. The van der Waals surface area contributed by atoms with Crippen LogP contribution < -0.4 is 0 Å². The number of hydrogen-bond acceptors (Lipinski definition) is 2. The molecule has 0 rings (SSSR count). The second kappa shape index (κ2) is 7.17. The lowest BCUT2D eigenvalue weighted by molar-refractivity contribution is 0.276. The molecule has 0 fully saturated rings. The van der Waals surface area contributed by atoms with Crippen molar-refractivity contribution < 1.29 is 10.2 Å². The van der Waals surface area contributed by atoms with E-state index in [1.807, 2.05) is 0 Å². The van der Waals surface area contributed by atoms with Crippen molar-refractivity contribution in [2.24, 2.45) is 0 Å². The van der Waals surface area contributed by atoms with Gasteiger partial charge in [0, 0.05) is 0 Å². The molecule has 2 atom stereocenters. The molecule has 0 bridgehead atoms. The summed E-state index contributed by atoms with van der Waals surface area (Å²) in [6.07, 6.45) is 2.35. The summed E-state index contributed by atoms with van der Waals surface area (Å²) in [6, 6.07) is 0. The van der Waals surface area contributed by atoms with Crippen LogP contribution in [0.3, 0.4) is 0 Å². The monoisotopic (exact) mass is 200 g/mol. The van der Waals surface area contributed by atoms with Crippen molar-refractivity contribution in [2.45, 2.75) is 30.0 Å². The Labute approximate surface area is 77.1 Å². The van der Waals surface area contributed by atoms with Crippen LogP contribution in [-0.4, -0.2) is 34.2 Å². The lowest BCUT2D eigenvalue weighted by atomic mass is 10.1. The van der Waals surface area contributed by atoms with Crippen LogP contribution in [0.5, 0.6) is 0 Å². The fraction of sp³-hybridized carbons (Fsp3) is 1.00. The van der Waals surface area contributed by atoms with Crippen LogP contribution in [-0.2, 0) is 0 Å². The van der Waals surface area contributed by atoms with Crippen LogP contribution in [0.1, 0.15) is 19.3 Å². The van der Waals surface area contributed by atoms with Gasteiger partial charge in [0.15, 0.2) is 0 Å². The van der Waals surface area contributed by atoms with Gasteiger partial charge in [-0.1, -0.05) is 6.42 Å². The number of aliphatic hydroxyl groups excluding tert-OH is 2. The van der Waals surface area contributed by atoms with E-state index >= 15 is 0 Å². The summed E-state index contributed by atoms with van der Waals surface area (Å²) in [5.74, 6) is 0. The lowest BCUT2D eigenvalue weighted by Crippen LogP contribution is -2.08. The van der Waals surface area contributed by atoms with Crippen molar-refractivity contribution in [2.75, 3.05) is 13.2 Å². The number of halogens is 2. The van der Waals surface area contributed by atoms with Gasteiger partial charge in [-0.05, 0) is 12.8 Å². The molecule has 0 heterocycles. The molecule has 68 valence electrons. The molecule has 0 aromatic carbocycles. The maximum Gasteiger partial charge on any atom is 0.0595 e. The molecule has 0 amide bonds. The second-order valence-electron chi connectivity index (χ2n) is 2.49. The zero-order valence-corrected chi connectivity index (χ0v) is 7.85. The Hall–Kier alpha value is 0.500. The first-order valence-corrected chi connectivity index (χ1v) is 4.57. The topological polar surface area (TPSA) is 40.5 Å². The van der Waals surface area contributed by atoms with Crippen molar-refractivity contribution in [1.29, 1.82) is 0 Å². The molecule has 0 spiro atoms. The van der Waals surface area contributed by atoms with E-state index in [1.54, 1.807) is 0 Å².